The molecule has 0 radical (unpaired) electrons. The normalized spacial score (nSPS) is 10.2. The zero-order valence-electron chi connectivity index (χ0n) is 7.74. The number of aliphatic carboxylic acids is 1. The van der Waals surface area contributed by atoms with E-state index >= 15 is 0 Å². The standard InChI is InChI=1S/C8H9ClN2O3/c1-4-5(3-6(12)8(13)14)7(9)11(2)10-4/h3H2,1-2H3,(H,13,14). The van der Waals surface area contributed by atoms with E-state index in [9.17, 15) is 9.59 Å². The molecule has 0 aliphatic carbocycles. The minimum atomic E-state index is -1.45. The summed E-state index contributed by atoms with van der Waals surface area (Å²) in [4.78, 5) is 21.2. The lowest BCUT2D eigenvalue weighted by molar-refractivity contribution is -0.148. The van der Waals surface area contributed by atoms with Crippen molar-refractivity contribution < 1.29 is 14.7 Å². The third-order valence-electron chi connectivity index (χ3n) is 1.85. The molecule has 14 heavy (non-hydrogen) atoms. The summed E-state index contributed by atoms with van der Waals surface area (Å²) in [6.07, 6.45) is -0.214. The van der Waals surface area contributed by atoms with E-state index in [1.807, 2.05) is 0 Å². The molecule has 1 heterocycles. The summed E-state index contributed by atoms with van der Waals surface area (Å²) in [7, 11) is 1.63. The van der Waals surface area contributed by atoms with Crippen LogP contribution in [0.3, 0.4) is 0 Å². The molecule has 0 aliphatic rings. The second-order valence-corrected chi connectivity index (χ2v) is 3.24. The van der Waals surface area contributed by atoms with Gasteiger partial charge >= 0.3 is 5.97 Å². The van der Waals surface area contributed by atoms with Crippen molar-refractivity contribution in [2.45, 2.75) is 13.3 Å². The van der Waals surface area contributed by atoms with Crippen LogP contribution in [0, 0.1) is 6.92 Å². The number of hydrogen-bond donors (Lipinski definition) is 1. The van der Waals surface area contributed by atoms with Gasteiger partial charge in [0.1, 0.15) is 5.15 Å². The molecule has 1 N–H and O–H groups in total. The Morgan fingerprint density at radius 3 is 2.50 bits per heavy atom. The molecule has 6 heteroatoms. The highest BCUT2D eigenvalue weighted by Crippen LogP contribution is 2.19. The zero-order chi connectivity index (χ0) is 10.9. The lowest BCUT2D eigenvalue weighted by Crippen LogP contribution is -2.15. The highest BCUT2D eigenvalue weighted by Gasteiger charge is 2.18. The number of Topliss-reactive ketones (excluding diaryl/α,β-unsaturated/α-hetero) is 1. The molecule has 76 valence electrons. The minimum Gasteiger partial charge on any atom is -0.475 e. The molecule has 0 atom stereocenters. The van der Waals surface area contributed by atoms with Crippen molar-refractivity contribution in [2.24, 2.45) is 7.05 Å². The Bertz CT molecular complexity index is 398. The monoisotopic (exact) mass is 216 g/mol. The van der Waals surface area contributed by atoms with Crippen molar-refractivity contribution in [1.82, 2.24) is 9.78 Å². The van der Waals surface area contributed by atoms with Crippen LogP contribution in [0.1, 0.15) is 11.3 Å². The summed E-state index contributed by atoms with van der Waals surface area (Å²) in [5.41, 5.74) is 1.05. The first-order valence-electron chi connectivity index (χ1n) is 3.87. The minimum absolute atomic E-state index is 0.214. The van der Waals surface area contributed by atoms with Crippen LogP contribution < -0.4 is 0 Å². The van der Waals surface area contributed by atoms with Crippen LogP contribution in [0.15, 0.2) is 0 Å². The average molecular weight is 217 g/mol. The smallest absolute Gasteiger partial charge is 0.372 e. The number of rotatable bonds is 3. The molecule has 0 fully saturated rings. The van der Waals surface area contributed by atoms with Crippen molar-refractivity contribution in [1.29, 1.82) is 0 Å². The van der Waals surface area contributed by atoms with E-state index in [-0.39, 0.29) is 6.42 Å². The van der Waals surface area contributed by atoms with E-state index in [1.54, 1.807) is 14.0 Å². The number of carbonyl (C=O) groups excluding carboxylic acids is 1. The Labute approximate surface area is 85.3 Å². The van der Waals surface area contributed by atoms with Crippen molar-refractivity contribution in [3.05, 3.63) is 16.4 Å². The molecule has 0 aromatic carbocycles. The maximum Gasteiger partial charge on any atom is 0.372 e. The van der Waals surface area contributed by atoms with Crippen LogP contribution in [0.4, 0.5) is 0 Å². The van der Waals surface area contributed by atoms with Crippen LogP contribution in [0.5, 0.6) is 0 Å². The molecule has 0 unspecified atom stereocenters. The molecule has 1 rings (SSSR count). The van der Waals surface area contributed by atoms with E-state index in [2.05, 4.69) is 5.10 Å². The Hall–Kier alpha value is -1.36. The number of carboxylic acids is 1. The van der Waals surface area contributed by atoms with Crippen molar-refractivity contribution in [3.63, 3.8) is 0 Å². The first-order valence-corrected chi connectivity index (χ1v) is 4.25. The fraction of sp³-hybridized carbons (Fsp3) is 0.375. The van der Waals surface area contributed by atoms with Gasteiger partial charge in [0.05, 0.1) is 5.69 Å². The molecule has 0 spiro atoms. The number of carboxylic acid groups (broad SMARTS) is 1. The van der Waals surface area contributed by atoms with Crippen LogP contribution in [0.2, 0.25) is 5.15 Å². The summed E-state index contributed by atoms with van der Waals surface area (Å²) in [5, 5.41) is 12.7. The molecule has 1 aromatic heterocycles. The van der Waals surface area contributed by atoms with Gasteiger partial charge in [-0.2, -0.15) is 5.10 Å². The maximum atomic E-state index is 10.9. The predicted octanol–water partition coefficient (Wildman–Crippen LogP) is 0.578. The topological polar surface area (TPSA) is 72.2 Å². The first kappa shape index (κ1) is 10.7. The van der Waals surface area contributed by atoms with Crippen molar-refractivity contribution in [3.8, 4) is 0 Å². The molecule has 0 amide bonds. The van der Waals surface area contributed by atoms with Crippen LogP contribution in [-0.2, 0) is 23.1 Å². The number of hydrogen-bond acceptors (Lipinski definition) is 3. The van der Waals surface area contributed by atoms with Crippen LogP contribution in [0.25, 0.3) is 0 Å². The van der Waals surface area contributed by atoms with Crippen LogP contribution in [-0.4, -0.2) is 26.6 Å². The highest BCUT2D eigenvalue weighted by atomic mass is 35.5. The van der Waals surface area contributed by atoms with Gasteiger partial charge in [-0.15, -0.1) is 0 Å². The largest absolute Gasteiger partial charge is 0.475 e. The number of aryl methyl sites for hydroxylation is 2. The van der Waals surface area contributed by atoms with Gasteiger partial charge in [-0.3, -0.25) is 9.48 Å². The van der Waals surface area contributed by atoms with Gasteiger partial charge in [-0.25, -0.2) is 4.79 Å². The molecule has 5 nitrogen and oxygen atoms in total. The van der Waals surface area contributed by atoms with E-state index in [4.69, 9.17) is 16.7 Å². The van der Waals surface area contributed by atoms with Crippen molar-refractivity contribution in [2.75, 3.05) is 0 Å². The fourth-order valence-electron chi connectivity index (χ4n) is 1.11. The average Bonchev–Trinajstić information content (AvgIpc) is 2.32. The van der Waals surface area contributed by atoms with E-state index < -0.39 is 11.8 Å². The summed E-state index contributed by atoms with van der Waals surface area (Å²) in [6, 6.07) is 0. The zero-order valence-corrected chi connectivity index (χ0v) is 8.50. The van der Waals surface area contributed by atoms with Gasteiger partial charge in [-0.1, -0.05) is 11.6 Å². The van der Waals surface area contributed by atoms with Gasteiger partial charge in [-0.05, 0) is 6.92 Å². The summed E-state index contributed by atoms with van der Waals surface area (Å²) < 4.78 is 1.40. The van der Waals surface area contributed by atoms with E-state index in [0.717, 1.165) is 0 Å². The third kappa shape index (κ3) is 1.93. The van der Waals surface area contributed by atoms with Gasteiger partial charge in [0.25, 0.3) is 0 Å². The highest BCUT2D eigenvalue weighted by molar-refractivity contribution is 6.35. The predicted molar refractivity (Wildman–Crippen MR) is 49.3 cm³/mol. The lowest BCUT2D eigenvalue weighted by Gasteiger charge is -1.96. The lowest BCUT2D eigenvalue weighted by atomic mass is 10.1. The second-order valence-electron chi connectivity index (χ2n) is 2.88. The Morgan fingerprint density at radius 2 is 2.14 bits per heavy atom. The molecule has 0 saturated carbocycles. The number of aromatic nitrogens is 2. The van der Waals surface area contributed by atoms with Gasteiger partial charge in [0, 0.05) is 19.0 Å². The Balaban J connectivity index is 2.97. The molecule has 1 aromatic rings. The van der Waals surface area contributed by atoms with Crippen LogP contribution >= 0.6 is 11.6 Å². The molecular formula is C8H9ClN2O3. The Kier molecular flexibility index (Phi) is 2.90. The van der Waals surface area contributed by atoms with Gasteiger partial charge in [0.15, 0.2) is 0 Å². The first-order chi connectivity index (χ1) is 6.43. The molecule has 0 bridgehead atoms. The summed E-state index contributed by atoms with van der Waals surface area (Å²) >= 11 is 5.82. The summed E-state index contributed by atoms with van der Waals surface area (Å²) in [6.45, 7) is 1.68. The second kappa shape index (κ2) is 3.79. The SMILES string of the molecule is Cc1nn(C)c(Cl)c1CC(=O)C(=O)O. The van der Waals surface area contributed by atoms with Gasteiger partial charge < -0.3 is 5.11 Å². The molecule has 0 saturated heterocycles. The number of halogens is 1. The maximum absolute atomic E-state index is 10.9. The fourth-order valence-corrected chi connectivity index (χ4v) is 1.35. The van der Waals surface area contributed by atoms with Crippen molar-refractivity contribution >= 4 is 23.4 Å². The van der Waals surface area contributed by atoms with E-state index in [1.165, 1.54) is 4.68 Å². The number of nitrogens with zero attached hydrogens (tertiary/aromatic N) is 2. The molecular weight excluding hydrogens is 208 g/mol. The number of carbonyl (C=O) groups is 2. The number of ketones is 1. The Morgan fingerprint density at radius 1 is 1.57 bits per heavy atom. The quantitative estimate of drug-likeness (QED) is 0.751. The summed E-state index contributed by atoms with van der Waals surface area (Å²) in [5.74, 6) is -2.34. The van der Waals surface area contributed by atoms with Gasteiger partial charge in [0.2, 0.25) is 5.78 Å². The molecule has 0 aliphatic heterocycles. The third-order valence-corrected chi connectivity index (χ3v) is 2.32. The van der Waals surface area contributed by atoms with E-state index in [0.29, 0.717) is 16.4 Å².